The third kappa shape index (κ3) is 11.9. The van der Waals surface area contributed by atoms with Crippen molar-refractivity contribution in [1.29, 1.82) is 0 Å². The molecule has 0 aliphatic rings. The summed E-state index contributed by atoms with van der Waals surface area (Å²) in [7, 11) is 0. The number of halogens is 2. The highest BCUT2D eigenvalue weighted by atomic mass is 35.5. The van der Waals surface area contributed by atoms with Crippen molar-refractivity contribution in [3.05, 3.63) is 0 Å². The first-order valence-corrected chi connectivity index (χ1v) is 5.66. The fraction of sp³-hybridized carbons (Fsp3) is 0.800. The molecule has 8 heteroatoms. The van der Waals surface area contributed by atoms with Crippen molar-refractivity contribution in [3.8, 4) is 0 Å². The Morgan fingerprint density at radius 2 is 1.17 bits per heavy atom. The van der Waals surface area contributed by atoms with Crippen LogP contribution in [0.5, 0.6) is 0 Å². The van der Waals surface area contributed by atoms with Crippen molar-refractivity contribution in [3.63, 3.8) is 0 Å². The number of nitrogens with one attached hydrogen (secondary N) is 2. The summed E-state index contributed by atoms with van der Waals surface area (Å²) in [6, 6.07) is -0.432. The molecule has 0 radical (unpaired) electrons. The van der Waals surface area contributed by atoms with E-state index in [1.165, 1.54) is 0 Å². The number of quaternary nitrogens is 2. The summed E-state index contributed by atoms with van der Waals surface area (Å²) in [5.74, 6) is -0.0640. The number of carbonyl (C=O) groups is 2. The second kappa shape index (κ2) is 12.9. The molecule has 0 rings (SSSR count). The maximum absolute atomic E-state index is 11.1. The van der Waals surface area contributed by atoms with E-state index < -0.39 is 0 Å². The predicted molar refractivity (Wildman–Crippen MR) is 60.0 cm³/mol. The fourth-order valence-electron chi connectivity index (χ4n) is 1.02. The van der Waals surface area contributed by atoms with Crippen LogP contribution in [0.4, 0.5) is 0 Å². The van der Waals surface area contributed by atoms with Crippen molar-refractivity contribution < 1.29 is 45.9 Å². The van der Waals surface area contributed by atoms with E-state index in [9.17, 15) is 9.59 Å². The first-order chi connectivity index (χ1) is 7.45. The molecule has 8 N–H and O–H groups in total. The lowest BCUT2D eigenvalue weighted by molar-refractivity contribution is -0.398. The van der Waals surface area contributed by atoms with E-state index in [2.05, 4.69) is 22.1 Å². The maximum atomic E-state index is 11.1. The molecule has 0 spiro atoms. The molecule has 0 heterocycles. The van der Waals surface area contributed by atoms with Crippen molar-refractivity contribution >= 4 is 11.8 Å². The zero-order chi connectivity index (χ0) is 12.6. The van der Waals surface area contributed by atoms with E-state index in [0.29, 0.717) is 13.1 Å². The summed E-state index contributed by atoms with van der Waals surface area (Å²) in [5, 5.41) is 5.53. The maximum Gasteiger partial charge on any atom is 0.277 e. The Hall–Kier alpha value is -0.560. The van der Waals surface area contributed by atoms with Crippen molar-refractivity contribution in [2.45, 2.75) is 38.8 Å². The Kier molecular flexibility index (Phi) is 16.2. The molecule has 0 saturated heterocycles. The van der Waals surface area contributed by atoms with Gasteiger partial charge in [0.05, 0.1) is 0 Å². The lowest BCUT2D eigenvalue weighted by Gasteiger charge is -2.07. The molecule has 0 saturated carbocycles. The van der Waals surface area contributed by atoms with E-state index in [4.69, 9.17) is 0 Å². The molecule has 0 bridgehead atoms. The summed E-state index contributed by atoms with van der Waals surface area (Å²) in [6.07, 6.45) is 1.70. The molecule has 6 nitrogen and oxygen atoms in total. The Bertz CT molecular complexity index is 214. The van der Waals surface area contributed by atoms with Gasteiger partial charge in [0.25, 0.3) is 11.8 Å². The number of carbonyl (C=O) groups excluding carboxylic acids is 2. The van der Waals surface area contributed by atoms with Gasteiger partial charge in [0.15, 0.2) is 12.1 Å². The van der Waals surface area contributed by atoms with Crippen LogP contribution < -0.4 is 46.9 Å². The lowest BCUT2D eigenvalue weighted by Crippen LogP contribution is -3.00. The van der Waals surface area contributed by atoms with Gasteiger partial charge in [-0.3, -0.25) is 9.59 Å². The molecule has 18 heavy (non-hydrogen) atoms. The highest BCUT2D eigenvalue weighted by Crippen LogP contribution is 1.85. The highest BCUT2D eigenvalue weighted by molar-refractivity contribution is 5.79. The summed E-state index contributed by atoms with van der Waals surface area (Å²) in [6.45, 7) is 4.78. The second-order valence-electron chi connectivity index (χ2n) is 4.09. The van der Waals surface area contributed by atoms with E-state index >= 15 is 0 Å². The van der Waals surface area contributed by atoms with Crippen LogP contribution >= 0.6 is 0 Å². The Morgan fingerprint density at radius 3 is 1.39 bits per heavy atom. The first-order valence-electron chi connectivity index (χ1n) is 5.66. The van der Waals surface area contributed by atoms with Crippen molar-refractivity contribution in [1.82, 2.24) is 10.6 Å². The van der Waals surface area contributed by atoms with Gasteiger partial charge in [-0.05, 0) is 26.7 Å². The number of amides is 2. The molecule has 0 aromatic rings. The van der Waals surface area contributed by atoms with Crippen molar-refractivity contribution in [2.24, 2.45) is 0 Å². The molecule has 0 aliphatic heterocycles. The van der Waals surface area contributed by atoms with Gasteiger partial charge in [0.1, 0.15) is 0 Å². The molecule has 110 valence electrons. The molecule has 0 aliphatic carbocycles. The minimum atomic E-state index is -0.216. The normalized spacial score (nSPS) is 12.4. The van der Waals surface area contributed by atoms with Crippen LogP contribution in [0.25, 0.3) is 0 Å². The summed E-state index contributed by atoms with van der Waals surface area (Å²) < 4.78 is 0. The zero-order valence-corrected chi connectivity index (χ0v) is 12.5. The molecule has 0 unspecified atom stereocenters. The topological polar surface area (TPSA) is 113 Å². The number of hydrogen-bond donors (Lipinski definition) is 4. The van der Waals surface area contributed by atoms with Crippen LogP contribution in [0.2, 0.25) is 0 Å². The minimum absolute atomic E-state index is 0. The monoisotopic (exact) mass is 302 g/mol. The zero-order valence-electron chi connectivity index (χ0n) is 11.0. The fourth-order valence-corrected chi connectivity index (χ4v) is 1.02. The number of rotatable bonds is 7. The molecular weight excluding hydrogens is 279 g/mol. The van der Waals surface area contributed by atoms with Gasteiger partial charge in [-0.1, -0.05) is 0 Å². The van der Waals surface area contributed by atoms with E-state index in [-0.39, 0.29) is 48.7 Å². The summed E-state index contributed by atoms with van der Waals surface area (Å²) in [4.78, 5) is 22.2. The third-order valence-electron chi connectivity index (χ3n) is 2.10. The minimum Gasteiger partial charge on any atom is -1.00 e. The van der Waals surface area contributed by atoms with Crippen LogP contribution in [0.1, 0.15) is 26.7 Å². The van der Waals surface area contributed by atoms with Crippen LogP contribution in [0.3, 0.4) is 0 Å². The van der Waals surface area contributed by atoms with Crippen LogP contribution in [-0.4, -0.2) is 37.0 Å². The van der Waals surface area contributed by atoms with Crippen LogP contribution in [0.15, 0.2) is 0 Å². The van der Waals surface area contributed by atoms with Gasteiger partial charge in [-0.25, -0.2) is 0 Å². The van der Waals surface area contributed by atoms with E-state index in [1.54, 1.807) is 13.8 Å². The Labute approximate surface area is 120 Å². The predicted octanol–water partition coefficient (Wildman–Crippen LogP) is -8.73. The largest absolute Gasteiger partial charge is 1.00 e. The van der Waals surface area contributed by atoms with Crippen LogP contribution in [0, 0.1) is 0 Å². The molecule has 0 fully saturated rings. The van der Waals surface area contributed by atoms with Crippen LogP contribution in [-0.2, 0) is 9.59 Å². The molecule has 2 atom stereocenters. The first kappa shape index (κ1) is 22.6. The van der Waals surface area contributed by atoms with Gasteiger partial charge in [0, 0.05) is 13.1 Å². The molecule has 0 aromatic carbocycles. The quantitative estimate of drug-likeness (QED) is 0.350. The van der Waals surface area contributed by atoms with Gasteiger partial charge < -0.3 is 46.9 Å². The van der Waals surface area contributed by atoms with Gasteiger partial charge in [-0.2, -0.15) is 0 Å². The molecule has 0 aromatic heterocycles. The lowest BCUT2D eigenvalue weighted by atomic mass is 10.2. The Balaban J connectivity index is -0.00000112. The van der Waals surface area contributed by atoms with E-state index in [1.807, 2.05) is 0 Å². The second-order valence-corrected chi connectivity index (χ2v) is 4.09. The summed E-state index contributed by atoms with van der Waals surface area (Å²) in [5.41, 5.74) is 7.24. The highest BCUT2D eigenvalue weighted by Gasteiger charge is 2.10. The standard InChI is InChI=1S/C10H22N4O2.2ClH/c1-7(11)9(15)13-5-3-4-6-14-10(16)8(2)12;;/h7-8H,3-6,11-12H2,1-2H3,(H,13,15)(H,14,16);2*1H/t7-,8-;;/m0../s1. The number of unbranched alkanes of at least 4 members (excludes halogenated alkanes) is 1. The number of hydrogen-bond acceptors (Lipinski definition) is 2. The molecular formula is C10H24Cl2N4O2. The average Bonchev–Trinajstić information content (AvgIpc) is 2.21. The molecule has 2 amide bonds. The third-order valence-corrected chi connectivity index (χ3v) is 2.10. The van der Waals surface area contributed by atoms with Crippen molar-refractivity contribution in [2.75, 3.05) is 13.1 Å². The van der Waals surface area contributed by atoms with Gasteiger partial charge in [0.2, 0.25) is 0 Å². The van der Waals surface area contributed by atoms with Gasteiger partial charge in [-0.15, -0.1) is 0 Å². The SMILES string of the molecule is C[C@H]([NH3+])C(=O)NCCCCNC(=O)[C@H](C)[NH3+].[Cl-].[Cl-]. The smallest absolute Gasteiger partial charge is 0.277 e. The van der Waals surface area contributed by atoms with E-state index in [0.717, 1.165) is 12.8 Å². The van der Waals surface area contributed by atoms with Gasteiger partial charge >= 0.3 is 0 Å². The summed E-state index contributed by atoms with van der Waals surface area (Å²) >= 11 is 0. The Morgan fingerprint density at radius 1 is 0.889 bits per heavy atom. The average molecular weight is 303 g/mol.